The zero-order valence-electron chi connectivity index (χ0n) is 18.4. The Bertz CT molecular complexity index is 586. The van der Waals surface area contributed by atoms with Crippen LogP contribution in [0.3, 0.4) is 0 Å². The molecule has 7 heteroatoms. The van der Waals surface area contributed by atoms with E-state index >= 15 is 0 Å². The molecule has 2 N–H and O–H groups in total. The molecule has 0 spiro atoms. The fraction of sp³-hybridized carbons (Fsp3) is 0.773. The summed E-state index contributed by atoms with van der Waals surface area (Å²) in [5.74, 6) is 2.42. The Morgan fingerprint density at radius 3 is 2.66 bits per heavy atom. The molecule has 2 aliphatic heterocycles. The van der Waals surface area contributed by atoms with E-state index in [1.54, 1.807) is 0 Å². The van der Waals surface area contributed by atoms with E-state index in [2.05, 4.69) is 56.8 Å². The first-order valence-electron chi connectivity index (χ1n) is 11.1. The summed E-state index contributed by atoms with van der Waals surface area (Å²) in [6.45, 7) is 12.7. The van der Waals surface area contributed by atoms with Crippen LogP contribution in [0, 0.1) is 11.8 Å². The molecule has 166 valence electrons. The van der Waals surface area contributed by atoms with Crippen molar-refractivity contribution in [1.82, 2.24) is 20.4 Å². The van der Waals surface area contributed by atoms with Crippen molar-refractivity contribution in [2.24, 2.45) is 16.8 Å². The Labute approximate surface area is 198 Å². The minimum atomic E-state index is 0. The highest BCUT2D eigenvalue weighted by molar-refractivity contribution is 14.0. The molecule has 3 rings (SSSR count). The van der Waals surface area contributed by atoms with Crippen LogP contribution in [0.25, 0.3) is 0 Å². The number of hydrogen-bond acceptors (Lipinski definition) is 4. The summed E-state index contributed by atoms with van der Waals surface area (Å²) >= 11 is 1.87. The molecule has 5 nitrogen and oxygen atoms in total. The third-order valence-electron chi connectivity index (χ3n) is 5.92. The lowest BCUT2D eigenvalue weighted by molar-refractivity contribution is 0.159. The molecule has 0 amide bonds. The molecule has 2 aliphatic rings. The standard InChI is InChI=1S/C22H39N5S.HI/c1-18(2)16-26-10-6-8-19(17-26)14-24-22(23-3)25-15-20(21-9-7-13-28-21)27-11-4-5-12-27;/h7,9,13,18-20H,4-6,8,10-12,14-17H2,1-3H3,(H2,23,24,25);1H. The van der Waals surface area contributed by atoms with Gasteiger partial charge in [-0.25, -0.2) is 0 Å². The molecule has 2 unspecified atom stereocenters. The second-order valence-corrected chi connectivity index (χ2v) is 9.75. The Hall–Kier alpha value is -0.380. The van der Waals surface area contributed by atoms with E-state index in [9.17, 15) is 0 Å². The molecule has 0 aliphatic carbocycles. The molecule has 1 aromatic heterocycles. The highest BCUT2D eigenvalue weighted by Crippen LogP contribution is 2.27. The molecule has 2 atom stereocenters. The quantitative estimate of drug-likeness (QED) is 0.301. The van der Waals surface area contributed by atoms with Crippen LogP contribution in [0.15, 0.2) is 22.5 Å². The van der Waals surface area contributed by atoms with Crippen molar-refractivity contribution in [3.8, 4) is 0 Å². The molecule has 2 saturated heterocycles. The Morgan fingerprint density at radius 2 is 2.00 bits per heavy atom. The van der Waals surface area contributed by atoms with Gasteiger partial charge in [0.2, 0.25) is 0 Å². The van der Waals surface area contributed by atoms with E-state index in [4.69, 9.17) is 0 Å². The Balaban J connectivity index is 0.00000300. The number of nitrogens with zero attached hydrogens (tertiary/aromatic N) is 3. The van der Waals surface area contributed by atoms with Gasteiger partial charge in [0.05, 0.1) is 6.04 Å². The number of rotatable bonds is 8. The fourth-order valence-electron chi connectivity index (χ4n) is 4.60. The van der Waals surface area contributed by atoms with E-state index < -0.39 is 0 Å². The van der Waals surface area contributed by atoms with E-state index in [0.29, 0.717) is 6.04 Å². The molecule has 1 aromatic rings. The SMILES string of the molecule is CN=C(NCC1CCCN(CC(C)C)C1)NCC(c1cccs1)N1CCCC1.I. The van der Waals surface area contributed by atoms with Gasteiger partial charge in [0.25, 0.3) is 0 Å². The van der Waals surface area contributed by atoms with Gasteiger partial charge in [0, 0.05) is 38.1 Å². The molecule has 2 fully saturated rings. The van der Waals surface area contributed by atoms with Crippen molar-refractivity contribution in [3.05, 3.63) is 22.4 Å². The van der Waals surface area contributed by atoms with Crippen LogP contribution >= 0.6 is 35.3 Å². The summed E-state index contributed by atoms with van der Waals surface area (Å²) in [6, 6.07) is 4.90. The van der Waals surface area contributed by atoms with Crippen LogP contribution in [0.5, 0.6) is 0 Å². The van der Waals surface area contributed by atoms with Crippen LogP contribution in [0.2, 0.25) is 0 Å². The lowest BCUT2D eigenvalue weighted by Crippen LogP contribution is -2.46. The van der Waals surface area contributed by atoms with E-state index in [-0.39, 0.29) is 24.0 Å². The number of hydrogen-bond donors (Lipinski definition) is 2. The highest BCUT2D eigenvalue weighted by atomic mass is 127. The van der Waals surface area contributed by atoms with Crippen LogP contribution < -0.4 is 10.6 Å². The third kappa shape index (κ3) is 7.99. The Morgan fingerprint density at radius 1 is 1.21 bits per heavy atom. The molecule has 3 heterocycles. The van der Waals surface area contributed by atoms with E-state index in [0.717, 1.165) is 30.9 Å². The number of aliphatic imine (C=N–C) groups is 1. The van der Waals surface area contributed by atoms with Crippen molar-refractivity contribution in [2.45, 2.75) is 45.6 Å². The monoisotopic (exact) mass is 533 g/mol. The van der Waals surface area contributed by atoms with Gasteiger partial charge in [-0.1, -0.05) is 19.9 Å². The number of thiophene rings is 1. The van der Waals surface area contributed by atoms with Gasteiger partial charge in [-0.3, -0.25) is 9.89 Å². The number of halogens is 1. The summed E-state index contributed by atoms with van der Waals surface area (Å²) in [5, 5.41) is 9.40. The number of nitrogens with one attached hydrogen (secondary N) is 2. The average molecular weight is 534 g/mol. The first kappa shape index (κ1) is 24.9. The maximum Gasteiger partial charge on any atom is 0.191 e. The van der Waals surface area contributed by atoms with Crippen molar-refractivity contribution >= 4 is 41.3 Å². The number of likely N-dealkylation sites (tertiary alicyclic amines) is 2. The minimum Gasteiger partial charge on any atom is -0.356 e. The Kier molecular flexibility index (Phi) is 11.3. The molecule has 0 bridgehead atoms. The van der Waals surface area contributed by atoms with Crippen molar-refractivity contribution in [1.29, 1.82) is 0 Å². The molecular weight excluding hydrogens is 493 g/mol. The van der Waals surface area contributed by atoms with Gasteiger partial charge >= 0.3 is 0 Å². The smallest absolute Gasteiger partial charge is 0.191 e. The second kappa shape index (κ2) is 13.1. The lowest BCUT2D eigenvalue weighted by atomic mass is 9.97. The van der Waals surface area contributed by atoms with Crippen LogP contribution in [0.4, 0.5) is 0 Å². The zero-order valence-corrected chi connectivity index (χ0v) is 21.5. The van der Waals surface area contributed by atoms with E-state index in [1.165, 1.54) is 63.3 Å². The minimum absolute atomic E-state index is 0. The highest BCUT2D eigenvalue weighted by Gasteiger charge is 2.25. The molecule has 0 aromatic carbocycles. The normalized spacial score (nSPS) is 22.5. The largest absolute Gasteiger partial charge is 0.356 e. The summed E-state index contributed by atoms with van der Waals surface area (Å²) < 4.78 is 0. The fourth-order valence-corrected chi connectivity index (χ4v) is 5.46. The van der Waals surface area contributed by atoms with Gasteiger partial charge < -0.3 is 15.5 Å². The summed E-state index contributed by atoms with van der Waals surface area (Å²) in [4.78, 5) is 11.2. The molecule has 0 saturated carbocycles. The lowest BCUT2D eigenvalue weighted by Gasteiger charge is -2.34. The molecule has 0 radical (unpaired) electrons. The van der Waals surface area contributed by atoms with Gasteiger partial charge in [0.1, 0.15) is 0 Å². The maximum absolute atomic E-state index is 4.49. The maximum atomic E-state index is 4.49. The van der Waals surface area contributed by atoms with Gasteiger partial charge in [-0.15, -0.1) is 35.3 Å². The predicted octanol–water partition coefficient (Wildman–Crippen LogP) is 4.04. The van der Waals surface area contributed by atoms with E-state index in [1.807, 2.05) is 18.4 Å². The second-order valence-electron chi connectivity index (χ2n) is 8.77. The average Bonchev–Trinajstić information content (AvgIpc) is 3.39. The first-order valence-corrected chi connectivity index (χ1v) is 12.0. The van der Waals surface area contributed by atoms with Crippen LogP contribution in [0.1, 0.15) is 50.4 Å². The van der Waals surface area contributed by atoms with Gasteiger partial charge in [-0.2, -0.15) is 0 Å². The zero-order chi connectivity index (χ0) is 19.8. The number of guanidine groups is 1. The van der Waals surface area contributed by atoms with Gasteiger partial charge in [0.15, 0.2) is 5.96 Å². The summed E-state index contributed by atoms with van der Waals surface area (Å²) in [5.41, 5.74) is 0. The third-order valence-corrected chi connectivity index (χ3v) is 6.90. The first-order chi connectivity index (χ1) is 13.7. The summed E-state index contributed by atoms with van der Waals surface area (Å²) in [7, 11) is 1.89. The summed E-state index contributed by atoms with van der Waals surface area (Å²) in [6.07, 6.45) is 5.29. The van der Waals surface area contributed by atoms with Crippen LogP contribution in [-0.4, -0.2) is 68.6 Å². The van der Waals surface area contributed by atoms with Crippen molar-refractivity contribution in [2.75, 3.05) is 52.9 Å². The van der Waals surface area contributed by atoms with Crippen molar-refractivity contribution in [3.63, 3.8) is 0 Å². The van der Waals surface area contributed by atoms with Gasteiger partial charge in [-0.05, 0) is 68.6 Å². The predicted molar refractivity (Wildman–Crippen MR) is 137 cm³/mol. The van der Waals surface area contributed by atoms with Crippen LogP contribution in [-0.2, 0) is 0 Å². The number of piperidine rings is 1. The van der Waals surface area contributed by atoms with Crippen molar-refractivity contribution < 1.29 is 0 Å². The molecule has 29 heavy (non-hydrogen) atoms. The molecular formula is C22H40IN5S. The topological polar surface area (TPSA) is 42.9 Å².